The minimum atomic E-state index is -0.396. The van der Waals surface area contributed by atoms with E-state index >= 15 is 0 Å². The van der Waals surface area contributed by atoms with E-state index in [-0.39, 0.29) is 17.4 Å². The molecule has 1 aliphatic carbocycles. The normalized spacial score (nSPS) is 25.1. The molecule has 0 saturated heterocycles. The highest BCUT2D eigenvalue weighted by atomic mass is 35.5. The molecule has 0 bridgehead atoms. The minimum Gasteiger partial charge on any atom is -0.479 e. The van der Waals surface area contributed by atoms with Crippen LogP contribution in [-0.4, -0.2) is 5.60 Å². The molecule has 0 aliphatic heterocycles. The molecule has 3 unspecified atom stereocenters. The maximum absolute atomic E-state index is 7.28. The van der Waals surface area contributed by atoms with Crippen molar-refractivity contribution in [2.45, 2.75) is 43.1 Å². The van der Waals surface area contributed by atoms with Gasteiger partial charge in [-0.05, 0) is 44.0 Å². The van der Waals surface area contributed by atoms with Gasteiger partial charge in [-0.3, -0.25) is 0 Å². The Kier molecular flexibility index (Phi) is 4.37. The van der Waals surface area contributed by atoms with Crippen LogP contribution < -0.4 is 4.74 Å². The molecule has 0 amide bonds. The number of thiophene rings is 1. The molecular weight excluding hydrogens is 360 g/mol. The Labute approximate surface area is 164 Å². The predicted octanol–water partition coefficient (Wildman–Crippen LogP) is 6.94. The monoisotopic (exact) mass is 382 g/mol. The summed E-state index contributed by atoms with van der Waals surface area (Å²) >= 11 is 9.00. The second-order valence-corrected chi connectivity index (χ2v) is 9.57. The molecule has 134 valence electrons. The largest absolute Gasteiger partial charge is 0.479 e. The lowest BCUT2D eigenvalue weighted by Gasteiger charge is -2.19. The van der Waals surface area contributed by atoms with Crippen LogP contribution in [0, 0.1) is 0 Å². The summed E-state index contributed by atoms with van der Waals surface area (Å²) in [5, 5.41) is 0.957. The van der Waals surface area contributed by atoms with Crippen LogP contribution in [0.15, 0.2) is 72.8 Å². The van der Waals surface area contributed by atoms with Gasteiger partial charge in [0.2, 0.25) is 0 Å². The maximum Gasteiger partial charge on any atom is 0.174 e. The number of halogens is 1. The zero-order chi connectivity index (χ0) is 18.4. The Balaban J connectivity index is 1.71. The van der Waals surface area contributed by atoms with E-state index in [1.165, 1.54) is 16.0 Å². The first-order valence-electron chi connectivity index (χ1n) is 8.98. The van der Waals surface area contributed by atoms with Gasteiger partial charge in [0, 0.05) is 16.7 Å². The van der Waals surface area contributed by atoms with Crippen LogP contribution in [0.25, 0.3) is 0 Å². The second-order valence-electron chi connectivity index (χ2n) is 7.87. The van der Waals surface area contributed by atoms with E-state index in [1.54, 1.807) is 11.3 Å². The number of hydrogen-bond acceptors (Lipinski definition) is 2. The molecule has 4 rings (SSSR count). The number of rotatable bonds is 4. The van der Waals surface area contributed by atoms with Crippen molar-refractivity contribution in [1.82, 2.24) is 0 Å². The first-order valence-corrected chi connectivity index (χ1v) is 10.2. The number of hydrogen-bond donors (Lipinski definition) is 0. The van der Waals surface area contributed by atoms with Crippen molar-refractivity contribution in [2.75, 3.05) is 0 Å². The van der Waals surface area contributed by atoms with Gasteiger partial charge in [-0.1, -0.05) is 60.7 Å². The smallest absolute Gasteiger partial charge is 0.174 e. The van der Waals surface area contributed by atoms with Crippen molar-refractivity contribution in [3.8, 4) is 5.06 Å². The number of ether oxygens (including phenoxy) is 1. The van der Waals surface area contributed by atoms with Crippen molar-refractivity contribution >= 4 is 22.9 Å². The van der Waals surface area contributed by atoms with E-state index in [9.17, 15) is 0 Å². The van der Waals surface area contributed by atoms with Gasteiger partial charge in [-0.25, -0.2) is 0 Å². The molecular formula is C23H23ClOS. The Morgan fingerprint density at radius 1 is 0.846 bits per heavy atom. The highest BCUT2D eigenvalue weighted by Gasteiger charge is 2.66. The lowest BCUT2D eigenvalue weighted by molar-refractivity contribution is 0.136. The standard InChI is InChI=1S/C23H23ClOS/c1-22(2,3)25-19-15-14-18(26-19)21-20(16-10-6-4-7-11-16)23(21,24)17-12-8-5-9-13-17/h4-15,20-21H,1-3H3. The number of benzene rings is 2. The van der Waals surface area contributed by atoms with Gasteiger partial charge in [0.15, 0.2) is 5.06 Å². The van der Waals surface area contributed by atoms with Gasteiger partial charge in [0.25, 0.3) is 0 Å². The molecule has 3 atom stereocenters. The van der Waals surface area contributed by atoms with Crippen molar-refractivity contribution < 1.29 is 4.74 Å². The molecule has 2 aromatic carbocycles. The van der Waals surface area contributed by atoms with Crippen LogP contribution >= 0.6 is 22.9 Å². The zero-order valence-corrected chi connectivity index (χ0v) is 16.8. The molecule has 0 spiro atoms. The summed E-state index contributed by atoms with van der Waals surface area (Å²) < 4.78 is 6.05. The first kappa shape index (κ1) is 17.6. The Hall–Kier alpha value is -1.77. The highest BCUT2D eigenvalue weighted by molar-refractivity contribution is 7.14. The van der Waals surface area contributed by atoms with Gasteiger partial charge in [-0.15, -0.1) is 22.9 Å². The highest BCUT2D eigenvalue weighted by Crippen LogP contribution is 2.74. The number of alkyl halides is 1. The third-order valence-electron chi connectivity index (χ3n) is 4.82. The van der Waals surface area contributed by atoms with Crippen LogP contribution in [0.3, 0.4) is 0 Å². The molecule has 0 N–H and O–H groups in total. The van der Waals surface area contributed by atoms with Crippen LogP contribution in [0.1, 0.15) is 48.6 Å². The van der Waals surface area contributed by atoms with Crippen molar-refractivity contribution in [2.24, 2.45) is 0 Å². The fraction of sp³-hybridized carbons (Fsp3) is 0.304. The third-order valence-corrected chi connectivity index (χ3v) is 6.55. The molecule has 26 heavy (non-hydrogen) atoms. The minimum absolute atomic E-state index is 0.192. The van der Waals surface area contributed by atoms with Gasteiger partial charge < -0.3 is 4.74 Å². The van der Waals surface area contributed by atoms with Crippen molar-refractivity contribution in [1.29, 1.82) is 0 Å². The molecule has 1 nitrogen and oxygen atoms in total. The fourth-order valence-electron chi connectivity index (χ4n) is 3.73. The van der Waals surface area contributed by atoms with Crippen LogP contribution in [0.2, 0.25) is 0 Å². The maximum atomic E-state index is 7.28. The van der Waals surface area contributed by atoms with E-state index < -0.39 is 4.87 Å². The summed E-state index contributed by atoms with van der Waals surface area (Å²) in [7, 11) is 0. The Bertz CT molecular complexity index is 881. The molecule has 1 aromatic heterocycles. The summed E-state index contributed by atoms with van der Waals surface area (Å²) in [6.07, 6.45) is 0. The summed E-state index contributed by atoms with van der Waals surface area (Å²) in [4.78, 5) is 0.892. The fourth-order valence-corrected chi connectivity index (χ4v) is 5.60. The molecule has 1 saturated carbocycles. The van der Waals surface area contributed by atoms with E-state index in [2.05, 4.69) is 87.5 Å². The first-order chi connectivity index (χ1) is 12.4. The topological polar surface area (TPSA) is 9.23 Å². The molecule has 1 fully saturated rings. The SMILES string of the molecule is CC(C)(C)Oc1ccc(C2C(c3ccccc3)C2(Cl)c2ccccc2)s1. The molecule has 1 heterocycles. The summed E-state index contributed by atoms with van der Waals surface area (Å²) in [5.41, 5.74) is 2.29. The van der Waals surface area contributed by atoms with Crippen LogP contribution in [0.5, 0.6) is 5.06 Å². The van der Waals surface area contributed by atoms with Crippen LogP contribution in [-0.2, 0) is 4.87 Å². The summed E-state index contributed by atoms with van der Waals surface area (Å²) in [6.45, 7) is 6.23. The second kappa shape index (κ2) is 6.44. The molecule has 1 aliphatic rings. The summed E-state index contributed by atoms with van der Waals surface area (Å²) in [5.74, 6) is 0.533. The van der Waals surface area contributed by atoms with Crippen molar-refractivity contribution in [3.05, 3.63) is 88.8 Å². The molecule has 0 radical (unpaired) electrons. The van der Waals surface area contributed by atoms with Crippen molar-refractivity contribution in [3.63, 3.8) is 0 Å². The van der Waals surface area contributed by atoms with E-state index in [0.29, 0.717) is 0 Å². The lowest BCUT2D eigenvalue weighted by Crippen LogP contribution is -2.22. The molecule has 3 heteroatoms. The van der Waals surface area contributed by atoms with Crippen LogP contribution in [0.4, 0.5) is 0 Å². The van der Waals surface area contributed by atoms with E-state index in [4.69, 9.17) is 16.3 Å². The van der Waals surface area contributed by atoms with E-state index in [0.717, 1.165) is 5.06 Å². The molecule has 3 aromatic rings. The Morgan fingerprint density at radius 2 is 1.46 bits per heavy atom. The van der Waals surface area contributed by atoms with Gasteiger partial charge in [0.05, 0.1) is 4.87 Å². The van der Waals surface area contributed by atoms with Gasteiger partial charge in [-0.2, -0.15) is 0 Å². The van der Waals surface area contributed by atoms with Gasteiger partial charge >= 0.3 is 0 Å². The zero-order valence-electron chi connectivity index (χ0n) is 15.3. The Morgan fingerprint density at radius 3 is 2.08 bits per heavy atom. The lowest BCUT2D eigenvalue weighted by atomic mass is 10.0. The van der Waals surface area contributed by atoms with E-state index in [1.807, 2.05) is 6.07 Å². The average molecular weight is 383 g/mol. The quantitative estimate of drug-likeness (QED) is 0.444. The predicted molar refractivity (Wildman–Crippen MR) is 111 cm³/mol. The summed E-state index contributed by atoms with van der Waals surface area (Å²) in [6, 6.07) is 25.3. The third kappa shape index (κ3) is 3.17. The van der Waals surface area contributed by atoms with Gasteiger partial charge in [0.1, 0.15) is 5.60 Å². The average Bonchev–Trinajstić information content (AvgIpc) is 3.01.